The fraction of sp³-hybridized carbons (Fsp3) is 0.455. The summed E-state index contributed by atoms with van der Waals surface area (Å²) in [5.74, 6) is 0.500. The number of nitrogens with zero attached hydrogens (tertiary/aromatic N) is 1. The molecular weight excluding hydrogens is 329 g/mol. The third-order valence-electron chi connectivity index (χ3n) is 6.30. The number of halogens is 1. The zero-order valence-electron chi connectivity index (χ0n) is 15.2. The van der Waals surface area contributed by atoms with Crippen LogP contribution in [0, 0.1) is 11.2 Å². The second-order valence-electron chi connectivity index (χ2n) is 7.76. The molecule has 2 bridgehead atoms. The van der Waals surface area contributed by atoms with Crippen molar-refractivity contribution in [3.63, 3.8) is 0 Å². The molecule has 4 rings (SSSR count). The first kappa shape index (κ1) is 17.5. The van der Waals surface area contributed by atoms with Crippen molar-refractivity contribution in [1.29, 1.82) is 0 Å². The van der Waals surface area contributed by atoms with Crippen LogP contribution in [0.15, 0.2) is 48.5 Å². The Balaban J connectivity index is 1.59. The monoisotopic (exact) mass is 355 g/mol. The van der Waals surface area contributed by atoms with Crippen molar-refractivity contribution in [1.82, 2.24) is 4.90 Å². The molecule has 2 aromatic rings. The lowest BCUT2D eigenvalue weighted by atomic mass is 9.70. The SMILES string of the molecule is COc1ccc(F)cc1CN1[C@H]2CC[C@@H]1[C@@](CO)(Cc1ccccc1)C2. The molecule has 0 unspecified atom stereocenters. The first-order chi connectivity index (χ1) is 12.6. The molecule has 0 saturated carbocycles. The number of methoxy groups -OCH3 is 1. The van der Waals surface area contributed by atoms with Gasteiger partial charge in [-0.15, -0.1) is 0 Å². The van der Waals surface area contributed by atoms with Crippen LogP contribution >= 0.6 is 0 Å². The molecule has 0 radical (unpaired) electrons. The number of fused-ring (bicyclic) bond motifs is 2. The highest BCUT2D eigenvalue weighted by molar-refractivity contribution is 5.34. The van der Waals surface area contributed by atoms with Crippen molar-refractivity contribution in [3.05, 3.63) is 65.5 Å². The molecule has 2 aliphatic heterocycles. The smallest absolute Gasteiger partial charge is 0.123 e. The first-order valence-electron chi connectivity index (χ1n) is 9.38. The maximum absolute atomic E-state index is 13.8. The summed E-state index contributed by atoms with van der Waals surface area (Å²) < 4.78 is 19.2. The predicted molar refractivity (Wildman–Crippen MR) is 99.6 cm³/mol. The normalized spacial score (nSPS) is 27.8. The third kappa shape index (κ3) is 3.01. The highest BCUT2D eigenvalue weighted by Crippen LogP contribution is 2.52. The molecule has 2 aromatic carbocycles. The zero-order valence-corrected chi connectivity index (χ0v) is 15.2. The molecule has 2 saturated heterocycles. The lowest BCUT2D eigenvalue weighted by Crippen LogP contribution is -2.41. The number of aliphatic hydroxyl groups excluding tert-OH is 1. The molecule has 0 aliphatic carbocycles. The number of hydrogen-bond donors (Lipinski definition) is 1. The summed E-state index contributed by atoms with van der Waals surface area (Å²) in [5.41, 5.74) is 2.06. The van der Waals surface area contributed by atoms with Gasteiger partial charge in [-0.1, -0.05) is 30.3 Å². The van der Waals surface area contributed by atoms with E-state index in [-0.39, 0.29) is 17.8 Å². The van der Waals surface area contributed by atoms with Gasteiger partial charge in [0.1, 0.15) is 11.6 Å². The molecule has 2 aliphatic rings. The van der Waals surface area contributed by atoms with E-state index in [0.717, 1.165) is 37.0 Å². The molecule has 4 heteroatoms. The summed E-state index contributed by atoms with van der Waals surface area (Å²) in [5, 5.41) is 10.3. The summed E-state index contributed by atoms with van der Waals surface area (Å²) in [4.78, 5) is 2.47. The molecule has 26 heavy (non-hydrogen) atoms. The van der Waals surface area contributed by atoms with Crippen LogP contribution in [-0.2, 0) is 13.0 Å². The maximum Gasteiger partial charge on any atom is 0.123 e. The minimum absolute atomic E-state index is 0.106. The lowest BCUT2D eigenvalue weighted by Gasteiger charge is -2.36. The zero-order chi connectivity index (χ0) is 18.1. The Morgan fingerprint density at radius 2 is 2.00 bits per heavy atom. The Morgan fingerprint density at radius 1 is 1.19 bits per heavy atom. The van der Waals surface area contributed by atoms with Gasteiger partial charge >= 0.3 is 0 Å². The van der Waals surface area contributed by atoms with Gasteiger partial charge in [-0.25, -0.2) is 4.39 Å². The number of aliphatic hydroxyl groups is 1. The molecule has 0 spiro atoms. The van der Waals surface area contributed by atoms with Gasteiger partial charge in [0.05, 0.1) is 13.7 Å². The second kappa shape index (κ2) is 7.01. The summed E-state index contributed by atoms with van der Waals surface area (Å²) in [6.45, 7) is 0.868. The number of benzene rings is 2. The van der Waals surface area contributed by atoms with Gasteiger partial charge in [0.25, 0.3) is 0 Å². The van der Waals surface area contributed by atoms with E-state index >= 15 is 0 Å². The van der Waals surface area contributed by atoms with E-state index < -0.39 is 0 Å². The molecule has 138 valence electrons. The average molecular weight is 355 g/mol. The van der Waals surface area contributed by atoms with Gasteiger partial charge in [-0.2, -0.15) is 0 Å². The van der Waals surface area contributed by atoms with E-state index in [0.29, 0.717) is 18.6 Å². The van der Waals surface area contributed by atoms with Crippen LogP contribution < -0.4 is 4.74 Å². The van der Waals surface area contributed by atoms with Crippen LogP contribution in [-0.4, -0.2) is 35.8 Å². The Labute approximate surface area is 154 Å². The molecule has 2 fully saturated rings. The molecule has 3 nitrogen and oxygen atoms in total. The number of ether oxygens (including phenoxy) is 1. The molecule has 2 heterocycles. The molecule has 0 aromatic heterocycles. The van der Waals surface area contributed by atoms with Gasteiger partial charge < -0.3 is 9.84 Å². The second-order valence-corrected chi connectivity index (χ2v) is 7.76. The van der Waals surface area contributed by atoms with Crippen LogP contribution in [0.4, 0.5) is 4.39 Å². The fourth-order valence-corrected chi connectivity index (χ4v) is 5.14. The Hall–Kier alpha value is -1.91. The minimum Gasteiger partial charge on any atom is -0.496 e. The minimum atomic E-state index is -0.231. The summed E-state index contributed by atoms with van der Waals surface area (Å²) >= 11 is 0. The van der Waals surface area contributed by atoms with E-state index in [9.17, 15) is 9.50 Å². The van der Waals surface area contributed by atoms with Crippen molar-refractivity contribution in [2.24, 2.45) is 5.41 Å². The van der Waals surface area contributed by atoms with Gasteiger partial charge in [-0.3, -0.25) is 4.90 Å². The molecule has 1 N–H and O–H groups in total. The summed E-state index contributed by atoms with van der Waals surface area (Å²) in [6.07, 6.45) is 4.14. The van der Waals surface area contributed by atoms with Crippen molar-refractivity contribution < 1.29 is 14.2 Å². The standard InChI is InChI=1S/C22H26FNO2/c1-26-20-9-7-18(23)11-17(20)14-24-19-8-10-21(24)22(13-19,15-25)12-16-5-3-2-4-6-16/h2-7,9,11,19,21,25H,8,10,12-15H2,1H3/t19-,21+,22-/m0/s1. The predicted octanol–water partition coefficient (Wildman–Crippen LogP) is 3.79. The van der Waals surface area contributed by atoms with Crippen LogP contribution in [0.3, 0.4) is 0 Å². The Kier molecular flexibility index (Phi) is 4.72. The van der Waals surface area contributed by atoms with Gasteiger partial charge in [0, 0.05) is 29.6 Å². The lowest BCUT2D eigenvalue weighted by molar-refractivity contribution is 0.0748. The van der Waals surface area contributed by atoms with E-state index in [1.165, 1.54) is 11.6 Å². The van der Waals surface area contributed by atoms with E-state index in [1.54, 1.807) is 19.2 Å². The van der Waals surface area contributed by atoms with Crippen molar-refractivity contribution in [2.75, 3.05) is 13.7 Å². The van der Waals surface area contributed by atoms with Crippen LogP contribution in [0.2, 0.25) is 0 Å². The fourth-order valence-electron chi connectivity index (χ4n) is 5.14. The van der Waals surface area contributed by atoms with Crippen LogP contribution in [0.25, 0.3) is 0 Å². The van der Waals surface area contributed by atoms with E-state index in [1.807, 2.05) is 6.07 Å². The largest absolute Gasteiger partial charge is 0.496 e. The van der Waals surface area contributed by atoms with Gasteiger partial charge in [0.2, 0.25) is 0 Å². The van der Waals surface area contributed by atoms with Crippen LogP contribution in [0.5, 0.6) is 5.75 Å². The maximum atomic E-state index is 13.8. The summed E-state index contributed by atoms with van der Waals surface area (Å²) in [7, 11) is 1.63. The highest BCUT2D eigenvalue weighted by atomic mass is 19.1. The van der Waals surface area contributed by atoms with Crippen molar-refractivity contribution in [3.8, 4) is 5.75 Å². The third-order valence-corrected chi connectivity index (χ3v) is 6.30. The molecule has 3 atom stereocenters. The van der Waals surface area contributed by atoms with Gasteiger partial charge in [-0.05, 0) is 49.4 Å². The van der Waals surface area contributed by atoms with E-state index in [2.05, 4.69) is 29.2 Å². The highest BCUT2D eigenvalue weighted by Gasteiger charge is 2.55. The first-order valence-corrected chi connectivity index (χ1v) is 9.38. The Morgan fingerprint density at radius 3 is 2.73 bits per heavy atom. The van der Waals surface area contributed by atoms with E-state index in [4.69, 9.17) is 4.74 Å². The van der Waals surface area contributed by atoms with Crippen molar-refractivity contribution >= 4 is 0 Å². The number of hydrogen-bond acceptors (Lipinski definition) is 3. The molecular formula is C22H26FNO2. The van der Waals surface area contributed by atoms with Crippen LogP contribution in [0.1, 0.15) is 30.4 Å². The van der Waals surface area contributed by atoms with Gasteiger partial charge in [0.15, 0.2) is 0 Å². The average Bonchev–Trinajstić information content (AvgIpc) is 3.17. The molecule has 0 amide bonds. The number of rotatable bonds is 6. The Bertz CT molecular complexity index is 766. The topological polar surface area (TPSA) is 32.7 Å². The van der Waals surface area contributed by atoms with Crippen molar-refractivity contribution in [2.45, 2.75) is 44.3 Å². The quantitative estimate of drug-likeness (QED) is 0.856. The summed E-state index contributed by atoms with van der Waals surface area (Å²) in [6, 6.07) is 15.9.